The molecule has 8 heteroatoms. The van der Waals surface area contributed by atoms with Gasteiger partial charge in [-0.25, -0.2) is 0 Å². The number of morpholine rings is 1. The van der Waals surface area contributed by atoms with Crippen molar-refractivity contribution in [2.45, 2.75) is 25.0 Å². The van der Waals surface area contributed by atoms with E-state index in [1.165, 1.54) is 0 Å². The normalized spacial score (nSPS) is 19.5. The molecular weight excluding hydrogens is 444 g/mol. The fourth-order valence-corrected chi connectivity index (χ4v) is 4.26. The number of hydrogen-bond acceptors (Lipinski definition) is 3. The van der Waals surface area contributed by atoms with Crippen LogP contribution in [0.15, 0.2) is 36.4 Å². The van der Waals surface area contributed by atoms with Gasteiger partial charge in [-0.05, 0) is 41.5 Å². The number of carbonyl (C=O) groups excluding carboxylic acids is 2. The standard InChI is InChI=1S/C20H17Cl4NO3/c21-14-7-12(8-15(22)11-14)9-19(27)25-4-6-28-18(3-5-26)20(25)13-1-2-16(23)17(24)10-13/h1-2,5,7-8,10-11,18,20H,3-4,6,9H2. The van der Waals surface area contributed by atoms with E-state index < -0.39 is 12.1 Å². The summed E-state index contributed by atoms with van der Waals surface area (Å²) in [5, 5.41) is 1.73. The van der Waals surface area contributed by atoms with Crippen LogP contribution in [-0.2, 0) is 20.7 Å². The quantitative estimate of drug-likeness (QED) is 0.561. The van der Waals surface area contributed by atoms with Gasteiger partial charge in [0.1, 0.15) is 6.29 Å². The first-order valence-electron chi connectivity index (χ1n) is 8.63. The first-order valence-corrected chi connectivity index (χ1v) is 10.1. The summed E-state index contributed by atoms with van der Waals surface area (Å²) >= 11 is 24.3. The molecule has 1 amide bonds. The Morgan fingerprint density at radius 2 is 1.79 bits per heavy atom. The van der Waals surface area contributed by atoms with E-state index in [0.29, 0.717) is 38.8 Å². The number of halogens is 4. The molecule has 2 aromatic carbocycles. The van der Waals surface area contributed by atoms with Crippen molar-refractivity contribution in [2.75, 3.05) is 13.2 Å². The highest BCUT2D eigenvalue weighted by Gasteiger charge is 2.36. The molecule has 0 spiro atoms. The van der Waals surface area contributed by atoms with E-state index in [2.05, 4.69) is 0 Å². The maximum absolute atomic E-state index is 13.1. The number of hydrogen-bond donors (Lipinski definition) is 0. The third-order valence-electron chi connectivity index (χ3n) is 4.56. The van der Waals surface area contributed by atoms with Gasteiger partial charge in [-0.2, -0.15) is 0 Å². The van der Waals surface area contributed by atoms with Crippen LogP contribution < -0.4 is 0 Å². The number of benzene rings is 2. The van der Waals surface area contributed by atoms with E-state index in [9.17, 15) is 9.59 Å². The monoisotopic (exact) mass is 459 g/mol. The highest BCUT2D eigenvalue weighted by atomic mass is 35.5. The lowest BCUT2D eigenvalue weighted by Crippen LogP contribution is -2.48. The van der Waals surface area contributed by atoms with Crippen molar-refractivity contribution in [2.24, 2.45) is 0 Å². The van der Waals surface area contributed by atoms with Crippen molar-refractivity contribution in [3.8, 4) is 0 Å². The van der Waals surface area contributed by atoms with Crippen LogP contribution in [0.4, 0.5) is 0 Å². The number of aldehydes is 1. The molecule has 0 aromatic heterocycles. The summed E-state index contributed by atoms with van der Waals surface area (Å²) in [6.07, 6.45) is 0.624. The van der Waals surface area contributed by atoms with Gasteiger partial charge in [0.2, 0.25) is 5.91 Å². The molecule has 0 saturated carbocycles. The van der Waals surface area contributed by atoms with Gasteiger partial charge in [0.15, 0.2) is 0 Å². The van der Waals surface area contributed by atoms with E-state index in [4.69, 9.17) is 51.1 Å². The van der Waals surface area contributed by atoms with Gasteiger partial charge in [0.05, 0.1) is 35.2 Å². The minimum absolute atomic E-state index is 0.117. The van der Waals surface area contributed by atoms with Crippen LogP contribution >= 0.6 is 46.4 Å². The molecule has 1 fully saturated rings. The Morgan fingerprint density at radius 3 is 2.43 bits per heavy atom. The largest absolute Gasteiger partial charge is 0.373 e. The Bertz CT molecular complexity index is 869. The van der Waals surface area contributed by atoms with Gasteiger partial charge >= 0.3 is 0 Å². The molecule has 1 saturated heterocycles. The van der Waals surface area contributed by atoms with E-state index >= 15 is 0 Å². The van der Waals surface area contributed by atoms with E-state index in [1.807, 2.05) is 0 Å². The summed E-state index contributed by atoms with van der Waals surface area (Å²) in [5.41, 5.74) is 1.48. The van der Waals surface area contributed by atoms with Crippen molar-refractivity contribution in [1.29, 1.82) is 0 Å². The van der Waals surface area contributed by atoms with Crippen LogP contribution in [0.1, 0.15) is 23.6 Å². The summed E-state index contributed by atoms with van der Waals surface area (Å²) in [7, 11) is 0. The molecule has 0 N–H and O–H groups in total. The van der Waals surface area contributed by atoms with Crippen LogP contribution in [0.25, 0.3) is 0 Å². The molecule has 0 bridgehead atoms. The van der Waals surface area contributed by atoms with E-state index in [0.717, 1.165) is 11.8 Å². The minimum atomic E-state index is -0.463. The second-order valence-corrected chi connectivity index (χ2v) is 8.16. The van der Waals surface area contributed by atoms with Crippen molar-refractivity contribution in [3.05, 3.63) is 67.6 Å². The van der Waals surface area contributed by atoms with Gasteiger partial charge in [-0.15, -0.1) is 0 Å². The average Bonchev–Trinajstić information content (AvgIpc) is 2.63. The molecule has 0 radical (unpaired) electrons. The number of ether oxygens (including phenoxy) is 1. The Balaban J connectivity index is 1.91. The van der Waals surface area contributed by atoms with Gasteiger partial charge in [0.25, 0.3) is 0 Å². The Kier molecular flexibility index (Phi) is 7.24. The van der Waals surface area contributed by atoms with Crippen LogP contribution in [0, 0.1) is 0 Å². The summed E-state index contributed by atoms with van der Waals surface area (Å²) in [6, 6.07) is 9.76. The lowest BCUT2D eigenvalue weighted by molar-refractivity contribution is -0.147. The summed E-state index contributed by atoms with van der Waals surface area (Å²) in [5.74, 6) is -0.117. The first-order chi connectivity index (χ1) is 13.4. The zero-order valence-corrected chi connectivity index (χ0v) is 17.7. The van der Waals surface area contributed by atoms with Crippen molar-refractivity contribution < 1.29 is 14.3 Å². The second kappa shape index (κ2) is 9.47. The molecule has 3 rings (SSSR count). The Hall–Kier alpha value is -1.30. The molecule has 148 valence electrons. The molecule has 28 heavy (non-hydrogen) atoms. The van der Waals surface area contributed by atoms with Crippen molar-refractivity contribution in [1.82, 2.24) is 4.90 Å². The molecular formula is C20H17Cl4NO3. The zero-order chi connectivity index (χ0) is 20.3. The highest BCUT2D eigenvalue weighted by Crippen LogP contribution is 2.35. The van der Waals surface area contributed by atoms with E-state index in [1.54, 1.807) is 41.3 Å². The molecule has 1 aliphatic rings. The molecule has 1 aliphatic heterocycles. The minimum Gasteiger partial charge on any atom is -0.373 e. The maximum Gasteiger partial charge on any atom is 0.227 e. The molecule has 0 aliphatic carbocycles. The predicted molar refractivity (Wildman–Crippen MR) is 112 cm³/mol. The van der Waals surface area contributed by atoms with E-state index in [-0.39, 0.29) is 18.7 Å². The van der Waals surface area contributed by atoms with Gasteiger partial charge < -0.3 is 14.4 Å². The Labute approximate surface area is 183 Å². The third-order valence-corrected chi connectivity index (χ3v) is 5.74. The van der Waals surface area contributed by atoms with Crippen molar-refractivity contribution in [3.63, 3.8) is 0 Å². The fraction of sp³-hybridized carbons (Fsp3) is 0.300. The predicted octanol–water partition coefficient (Wildman–Crippen LogP) is 5.40. The zero-order valence-electron chi connectivity index (χ0n) is 14.7. The molecule has 2 unspecified atom stereocenters. The highest BCUT2D eigenvalue weighted by molar-refractivity contribution is 6.42. The molecule has 2 aromatic rings. The summed E-state index contributed by atoms with van der Waals surface area (Å²) in [4.78, 5) is 26.0. The van der Waals surface area contributed by atoms with Gasteiger partial charge in [-0.1, -0.05) is 52.5 Å². The van der Waals surface area contributed by atoms with Crippen molar-refractivity contribution >= 4 is 58.6 Å². The number of rotatable bonds is 5. The Morgan fingerprint density at radius 1 is 1.07 bits per heavy atom. The lowest BCUT2D eigenvalue weighted by atomic mass is 9.95. The number of nitrogens with zero attached hydrogens (tertiary/aromatic N) is 1. The number of carbonyl (C=O) groups is 2. The van der Waals surface area contributed by atoms with Crippen LogP contribution in [0.3, 0.4) is 0 Å². The third kappa shape index (κ3) is 5.00. The van der Waals surface area contributed by atoms with Gasteiger partial charge in [0, 0.05) is 23.0 Å². The smallest absolute Gasteiger partial charge is 0.227 e. The number of amides is 1. The molecule has 1 heterocycles. The average molecular weight is 461 g/mol. The molecule has 4 nitrogen and oxygen atoms in total. The topological polar surface area (TPSA) is 46.6 Å². The first kappa shape index (κ1) is 21.4. The van der Waals surface area contributed by atoms with Crippen LogP contribution in [0.5, 0.6) is 0 Å². The molecule has 2 atom stereocenters. The lowest BCUT2D eigenvalue weighted by Gasteiger charge is -2.41. The maximum atomic E-state index is 13.1. The SMILES string of the molecule is O=CCC1OCCN(C(=O)Cc2cc(Cl)cc(Cl)c2)C1c1ccc(Cl)c(Cl)c1. The fourth-order valence-electron chi connectivity index (χ4n) is 3.39. The van der Waals surface area contributed by atoms with Gasteiger partial charge in [-0.3, -0.25) is 4.79 Å². The second-order valence-electron chi connectivity index (χ2n) is 6.47. The van der Waals surface area contributed by atoms with Crippen LogP contribution in [-0.4, -0.2) is 36.3 Å². The summed E-state index contributed by atoms with van der Waals surface area (Å²) in [6.45, 7) is 0.742. The summed E-state index contributed by atoms with van der Waals surface area (Å²) < 4.78 is 5.78. The van der Waals surface area contributed by atoms with Crippen LogP contribution in [0.2, 0.25) is 20.1 Å².